The fraction of sp³-hybridized carbons (Fsp3) is 0.700. The summed E-state index contributed by atoms with van der Waals surface area (Å²) in [5, 5.41) is 12.7. The summed E-state index contributed by atoms with van der Waals surface area (Å²) in [6.45, 7) is 2.16. The van der Waals surface area contributed by atoms with Crippen LogP contribution >= 0.6 is 0 Å². The Kier molecular flexibility index (Phi) is 2.84. The normalized spacial score (nSPS) is 24.0. The van der Waals surface area contributed by atoms with Gasteiger partial charge in [0.25, 0.3) is 0 Å². The van der Waals surface area contributed by atoms with E-state index in [1.54, 1.807) is 0 Å². The van der Waals surface area contributed by atoms with Crippen LogP contribution in [0.15, 0.2) is 10.6 Å². The van der Waals surface area contributed by atoms with Gasteiger partial charge in [0.05, 0.1) is 6.61 Å². The molecule has 0 aliphatic carbocycles. The maximum Gasteiger partial charge on any atom is 0.141 e. The number of aliphatic hydroxyl groups is 1. The molecule has 1 aromatic rings. The lowest BCUT2D eigenvalue weighted by molar-refractivity contribution is 0.221. The van der Waals surface area contributed by atoms with Gasteiger partial charge in [-0.25, -0.2) is 0 Å². The molecule has 1 unspecified atom stereocenters. The van der Waals surface area contributed by atoms with Crippen LogP contribution in [0, 0.1) is 0 Å². The van der Waals surface area contributed by atoms with Gasteiger partial charge in [0.1, 0.15) is 11.5 Å². The molecule has 1 N–H and O–H groups in total. The summed E-state index contributed by atoms with van der Waals surface area (Å²) >= 11 is 0. The molecule has 14 heavy (non-hydrogen) atoms. The number of rotatable bonds is 2. The van der Waals surface area contributed by atoms with Crippen molar-refractivity contribution in [3.05, 3.63) is 17.5 Å². The van der Waals surface area contributed by atoms with Gasteiger partial charge in [-0.2, -0.15) is 0 Å². The summed E-state index contributed by atoms with van der Waals surface area (Å²) in [6.07, 6.45) is 2.36. The van der Waals surface area contributed by atoms with E-state index < -0.39 is 0 Å². The zero-order valence-corrected chi connectivity index (χ0v) is 8.44. The summed E-state index contributed by atoms with van der Waals surface area (Å²) in [5.74, 6) is 1.36. The second-order valence-corrected chi connectivity index (χ2v) is 3.98. The van der Waals surface area contributed by atoms with Crippen LogP contribution in [0.5, 0.6) is 0 Å². The fourth-order valence-corrected chi connectivity index (χ4v) is 1.99. The molecule has 1 saturated heterocycles. The first-order valence-electron chi connectivity index (χ1n) is 5.04. The molecule has 1 aliphatic heterocycles. The van der Waals surface area contributed by atoms with E-state index in [1.165, 1.54) is 6.42 Å². The molecule has 2 heterocycles. The van der Waals surface area contributed by atoms with E-state index in [0.29, 0.717) is 11.6 Å². The SMILES string of the molecule is CN1CCCC(c2cc(CO)no2)C1. The molecule has 4 nitrogen and oxygen atoms in total. The topological polar surface area (TPSA) is 49.5 Å². The lowest BCUT2D eigenvalue weighted by Gasteiger charge is -2.27. The van der Waals surface area contributed by atoms with E-state index in [-0.39, 0.29) is 6.61 Å². The van der Waals surface area contributed by atoms with Crippen LogP contribution in [0.4, 0.5) is 0 Å². The number of likely N-dealkylation sites (N-methyl/N-ethyl adjacent to an activating group) is 1. The zero-order chi connectivity index (χ0) is 9.97. The highest BCUT2D eigenvalue weighted by Crippen LogP contribution is 2.26. The summed E-state index contributed by atoms with van der Waals surface area (Å²) in [4.78, 5) is 2.30. The lowest BCUT2D eigenvalue weighted by atomic mass is 9.96. The molecular weight excluding hydrogens is 180 g/mol. The number of aromatic nitrogens is 1. The lowest BCUT2D eigenvalue weighted by Crippen LogP contribution is -2.30. The predicted molar refractivity (Wildman–Crippen MR) is 51.9 cm³/mol. The van der Waals surface area contributed by atoms with Gasteiger partial charge in [0.2, 0.25) is 0 Å². The third kappa shape index (κ3) is 1.96. The van der Waals surface area contributed by atoms with Gasteiger partial charge in [-0.3, -0.25) is 0 Å². The van der Waals surface area contributed by atoms with Crippen LogP contribution < -0.4 is 0 Å². The molecular formula is C10H16N2O2. The van der Waals surface area contributed by atoms with E-state index >= 15 is 0 Å². The van der Waals surface area contributed by atoms with Gasteiger partial charge in [-0.05, 0) is 26.4 Å². The second kappa shape index (κ2) is 4.11. The van der Waals surface area contributed by atoms with E-state index in [0.717, 1.165) is 25.3 Å². The standard InChI is InChI=1S/C10H16N2O2/c1-12-4-2-3-8(6-12)10-5-9(7-13)11-14-10/h5,8,13H,2-4,6-7H2,1H3. The molecule has 1 fully saturated rings. The molecule has 0 amide bonds. The maximum absolute atomic E-state index is 8.87. The van der Waals surface area contributed by atoms with Crippen LogP contribution in [-0.2, 0) is 6.61 Å². The number of likely N-dealkylation sites (tertiary alicyclic amines) is 1. The quantitative estimate of drug-likeness (QED) is 0.766. The summed E-state index contributed by atoms with van der Waals surface area (Å²) in [6, 6.07) is 1.86. The molecule has 1 atom stereocenters. The summed E-state index contributed by atoms with van der Waals surface area (Å²) in [5.41, 5.74) is 0.633. The molecule has 0 spiro atoms. The fourth-order valence-electron chi connectivity index (χ4n) is 1.99. The number of hydrogen-bond acceptors (Lipinski definition) is 4. The third-order valence-electron chi connectivity index (χ3n) is 2.77. The number of hydrogen-bond donors (Lipinski definition) is 1. The summed E-state index contributed by atoms with van der Waals surface area (Å²) in [7, 11) is 2.12. The Bertz CT molecular complexity index is 298. The molecule has 0 saturated carbocycles. The number of aliphatic hydroxyl groups excluding tert-OH is 1. The van der Waals surface area contributed by atoms with Crippen molar-refractivity contribution in [2.45, 2.75) is 25.4 Å². The van der Waals surface area contributed by atoms with Crippen LogP contribution in [-0.4, -0.2) is 35.3 Å². The second-order valence-electron chi connectivity index (χ2n) is 3.98. The maximum atomic E-state index is 8.87. The van der Waals surface area contributed by atoms with Crippen LogP contribution in [0.25, 0.3) is 0 Å². The predicted octanol–water partition coefficient (Wildman–Crippen LogP) is 0.976. The smallest absolute Gasteiger partial charge is 0.141 e. The molecule has 1 aliphatic rings. The van der Waals surface area contributed by atoms with Crippen molar-refractivity contribution < 1.29 is 9.63 Å². The number of nitrogens with zero attached hydrogens (tertiary/aromatic N) is 2. The minimum atomic E-state index is -0.0357. The van der Waals surface area contributed by atoms with Gasteiger partial charge in [0.15, 0.2) is 0 Å². The first kappa shape index (κ1) is 9.68. The van der Waals surface area contributed by atoms with Crippen molar-refractivity contribution in [1.29, 1.82) is 0 Å². The molecule has 0 bridgehead atoms. The van der Waals surface area contributed by atoms with Crippen molar-refractivity contribution in [3.8, 4) is 0 Å². The zero-order valence-electron chi connectivity index (χ0n) is 8.44. The monoisotopic (exact) mass is 196 g/mol. The van der Waals surface area contributed by atoms with Crippen molar-refractivity contribution in [2.75, 3.05) is 20.1 Å². The highest BCUT2D eigenvalue weighted by atomic mass is 16.5. The van der Waals surface area contributed by atoms with Gasteiger partial charge in [0, 0.05) is 18.5 Å². The first-order chi connectivity index (χ1) is 6.79. The minimum Gasteiger partial charge on any atom is -0.390 e. The Morgan fingerprint density at radius 3 is 3.21 bits per heavy atom. The minimum absolute atomic E-state index is 0.0357. The van der Waals surface area contributed by atoms with Crippen molar-refractivity contribution in [2.24, 2.45) is 0 Å². The number of piperidine rings is 1. The first-order valence-corrected chi connectivity index (χ1v) is 5.04. The van der Waals surface area contributed by atoms with Crippen LogP contribution in [0.3, 0.4) is 0 Å². The Hall–Kier alpha value is -0.870. The summed E-state index contributed by atoms with van der Waals surface area (Å²) < 4.78 is 5.21. The average molecular weight is 196 g/mol. The van der Waals surface area contributed by atoms with Gasteiger partial charge < -0.3 is 14.5 Å². The van der Waals surface area contributed by atoms with E-state index in [9.17, 15) is 0 Å². The van der Waals surface area contributed by atoms with Crippen LogP contribution in [0.1, 0.15) is 30.2 Å². The van der Waals surface area contributed by atoms with E-state index in [1.807, 2.05) is 6.07 Å². The Labute approximate surface area is 83.5 Å². The molecule has 0 radical (unpaired) electrons. The molecule has 78 valence electrons. The van der Waals surface area contributed by atoms with Gasteiger partial charge in [-0.15, -0.1) is 0 Å². The average Bonchev–Trinajstić information content (AvgIpc) is 2.66. The van der Waals surface area contributed by atoms with Gasteiger partial charge >= 0.3 is 0 Å². The molecule has 1 aromatic heterocycles. The largest absolute Gasteiger partial charge is 0.390 e. The molecule has 0 aromatic carbocycles. The third-order valence-corrected chi connectivity index (χ3v) is 2.77. The molecule has 4 heteroatoms. The van der Waals surface area contributed by atoms with Crippen molar-refractivity contribution in [3.63, 3.8) is 0 Å². The van der Waals surface area contributed by atoms with Crippen molar-refractivity contribution in [1.82, 2.24) is 10.1 Å². The highest BCUT2D eigenvalue weighted by molar-refractivity contribution is 5.10. The van der Waals surface area contributed by atoms with Crippen LogP contribution in [0.2, 0.25) is 0 Å². The van der Waals surface area contributed by atoms with Gasteiger partial charge in [-0.1, -0.05) is 5.16 Å². The van der Waals surface area contributed by atoms with E-state index in [2.05, 4.69) is 17.1 Å². The highest BCUT2D eigenvalue weighted by Gasteiger charge is 2.22. The Morgan fingerprint density at radius 1 is 1.71 bits per heavy atom. The molecule has 2 rings (SSSR count). The Balaban J connectivity index is 2.06. The Morgan fingerprint density at radius 2 is 2.57 bits per heavy atom. The van der Waals surface area contributed by atoms with E-state index in [4.69, 9.17) is 9.63 Å². The van der Waals surface area contributed by atoms with Crippen molar-refractivity contribution >= 4 is 0 Å².